The van der Waals surface area contributed by atoms with Gasteiger partial charge in [0.05, 0.1) is 17.2 Å². The Labute approximate surface area is 132 Å². The molecule has 1 aromatic carbocycles. The molecule has 2 heterocycles. The first-order chi connectivity index (χ1) is 10.4. The van der Waals surface area contributed by atoms with Crippen molar-refractivity contribution in [3.8, 4) is 16.5 Å². The summed E-state index contributed by atoms with van der Waals surface area (Å²) in [4.78, 5) is 5.56. The van der Waals surface area contributed by atoms with E-state index in [0.717, 1.165) is 27.8 Å². The molecule has 5 heteroatoms. The lowest BCUT2D eigenvalue weighted by atomic mass is 10.3. The maximum absolute atomic E-state index is 5.65. The number of benzene rings is 1. The van der Waals surface area contributed by atoms with Gasteiger partial charge in [-0.3, -0.25) is 0 Å². The number of aromatic nitrogens is 1. The number of para-hydroxylation sites is 1. The van der Waals surface area contributed by atoms with Gasteiger partial charge < -0.3 is 9.15 Å². The van der Waals surface area contributed by atoms with Crippen molar-refractivity contribution in [2.24, 2.45) is 0 Å². The van der Waals surface area contributed by atoms with Crippen LogP contribution in [0.3, 0.4) is 0 Å². The molecule has 3 aromatic rings. The standard InChI is InChI=1S/C16H15NO2S2/c1-2-5-14(6-3-1)18-8-10-20-12-13-11-19-16(17-13)15-7-4-9-21-15/h1-7,9,11H,8,10,12H2. The van der Waals surface area contributed by atoms with E-state index in [1.54, 1.807) is 29.4 Å². The van der Waals surface area contributed by atoms with Crippen molar-refractivity contribution in [2.75, 3.05) is 12.4 Å². The molecular weight excluding hydrogens is 302 g/mol. The van der Waals surface area contributed by atoms with Gasteiger partial charge in [0.1, 0.15) is 12.0 Å². The van der Waals surface area contributed by atoms with E-state index >= 15 is 0 Å². The Morgan fingerprint density at radius 1 is 1.14 bits per heavy atom. The monoisotopic (exact) mass is 317 g/mol. The molecule has 3 nitrogen and oxygen atoms in total. The van der Waals surface area contributed by atoms with Gasteiger partial charge in [-0.2, -0.15) is 11.8 Å². The lowest BCUT2D eigenvalue weighted by molar-refractivity contribution is 0.344. The summed E-state index contributed by atoms with van der Waals surface area (Å²) < 4.78 is 11.1. The molecule has 0 aliphatic heterocycles. The average molecular weight is 317 g/mol. The Balaban J connectivity index is 1.40. The van der Waals surface area contributed by atoms with E-state index < -0.39 is 0 Å². The predicted molar refractivity (Wildman–Crippen MR) is 87.9 cm³/mol. The third-order valence-electron chi connectivity index (χ3n) is 2.77. The molecule has 0 aliphatic rings. The van der Waals surface area contributed by atoms with E-state index in [2.05, 4.69) is 4.98 Å². The van der Waals surface area contributed by atoms with E-state index in [0.29, 0.717) is 12.5 Å². The van der Waals surface area contributed by atoms with Gasteiger partial charge in [0.2, 0.25) is 5.89 Å². The fraction of sp³-hybridized carbons (Fsp3) is 0.188. The average Bonchev–Trinajstić information content (AvgIpc) is 3.19. The molecule has 3 rings (SSSR count). The number of rotatable bonds is 7. The van der Waals surface area contributed by atoms with Crippen LogP contribution < -0.4 is 4.74 Å². The second-order valence-corrected chi connectivity index (χ2v) is 6.39. The highest BCUT2D eigenvalue weighted by molar-refractivity contribution is 7.98. The quantitative estimate of drug-likeness (QED) is 0.591. The molecule has 2 aromatic heterocycles. The fourth-order valence-electron chi connectivity index (χ4n) is 1.80. The topological polar surface area (TPSA) is 35.3 Å². The van der Waals surface area contributed by atoms with E-state index in [9.17, 15) is 0 Å². The Morgan fingerprint density at radius 3 is 2.86 bits per heavy atom. The highest BCUT2D eigenvalue weighted by atomic mass is 32.2. The zero-order chi connectivity index (χ0) is 14.3. The number of ether oxygens (including phenoxy) is 1. The first kappa shape index (κ1) is 14.2. The Morgan fingerprint density at radius 2 is 2.05 bits per heavy atom. The van der Waals surface area contributed by atoms with Crippen LogP contribution in [0, 0.1) is 0 Å². The maximum atomic E-state index is 5.65. The Hall–Kier alpha value is -1.72. The van der Waals surface area contributed by atoms with Crippen LogP contribution in [-0.4, -0.2) is 17.3 Å². The maximum Gasteiger partial charge on any atom is 0.236 e. The minimum absolute atomic E-state index is 0.699. The molecule has 108 valence electrons. The fourth-order valence-corrected chi connectivity index (χ4v) is 3.14. The number of hydrogen-bond donors (Lipinski definition) is 0. The first-order valence-electron chi connectivity index (χ1n) is 6.66. The second-order valence-electron chi connectivity index (χ2n) is 4.34. The number of hydrogen-bond acceptors (Lipinski definition) is 5. The summed E-state index contributed by atoms with van der Waals surface area (Å²) in [6, 6.07) is 13.9. The van der Waals surface area contributed by atoms with Gasteiger partial charge in [-0.15, -0.1) is 11.3 Å². The number of nitrogens with zero attached hydrogens (tertiary/aromatic N) is 1. The first-order valence-corrected chi connectivity index (χ1v) is 8.69. The van der Waals surface area contributed by atoms with E-state index in [1.807, 2.05) is 47.8 Å². The van der Waals surface area contributed by atoms with Crippen molar-refractivity contribution in [1.82, 2.24) is 4.98 Å². The number of oxazole rings is 1. The van der Waals surface area contributed by atoms with Gasteiger partial charge in [-0.1, -0.05) is 24.3 Å². The van der Waals surface area contributed by atoms with Crippen LogP contribution >= 0.6 is 23.1 Å². The Kier molecular flexibility index (Phi) is 4.97. The van der Waals surface area contributed by atoms with Gasteiger partial charge >= 0.3 is 0 Å². The molecule has 0 saturated heterocycles. The van der Waals surface area contributed by atoms with Gasteiger partial charge in [0.15, 0.2) is 0 Å². The van der Waals surface area contributed by atoms with Crippen LogP contribution in [-0.2, 0) is 5.75 Å². The lowest BCUT2D eigenvalue weighted by Gasteiger charge is -2.04. The summed E-state index contributed by atoms with van der Waals surface area (Å²) in [5.41, 5.74) is 0.975. The zero-order valence-electron chi connectivity index (χ0n) is 11.4. The summed E-state index contributed by atoms with van der Waals surface area (Å²) in [5, 5.41) is 2.02. The highest BCUT2D eigenvalue weighted by Gasteiger charge is 2.07. The molecule has 0 fully saturated rings. The summed E-state index contributed by atoms with van der Waals surface area (Å²) in [6.45, 7) is 0.699. The minimum Gasteiger partial charge on any atom is -0.493 e. The summed E-state index contributed by atoms with van der Waals surface area (Å²) in [5.74, 6) is 3.39. The van der Waals surface area contributed by atoms with Gasteiger partial charge in [-0.05, 0) is 23.6 Å². The minimum atomic E-state index is 0.699. The van der Waals surface area contributed by atoms with Crippen LogP contribution in [0.15, 0.2) is 58.5 Å². The number of thiophene rings is 1. The molecular formula is C16H15NO2S2. The molecule has 0 amide bonds. The van der Waals surface area contributed by atoms with Crippen LogP contribution in [0.5, 0.6) is 5.75 Å². The summed E-state index contributed by atoms with van der Waals surface area (Å²) >= 11 is 3.43. The molecule has 0 unspecified atom stereocenters. The third kappa shape index (κ3) is 4.12. The Bertz CT molecular complexity index is 650. The molecule has 0 bridgehead atoms. The van der Waals surface area contributed by atoms with Crippen molar-refractivity contribution in [3.63, 3.8) is 0 Å². The van der Waals surface area contributed by atoms with Crippen molar-refractivity contribution in [2.45, 2.75) is 5.75 Å². The highest BCUT2D eigenvalue weighted by Crippen LogP contribution is 2.24. The molecule has 0 saturated carbocycles. The normalized spacial score (nSPS) is 10.7. The summed E-state index contributed by atoms with van der Waals surface area (Å²) in [7, 11) is 0. The van der Waals surface area contributed by atoms with Crippen LogP contribution in [0.4, 0.5) is 0 Å². The smallest absolute Gasteiger partial charge is 0.236 e. The molecule has 0 spiro atoms. The molecule has 0 N–H and O–H groups in total. The van der Waals surface area contributed by atoms with E-state index in [-0.39, 0.29) is 0 Å². The van der Waals surface area contributed by atoms with E-state index in [4.69, 9.17) is 9.15 Å². The predicted octanol–water partition coefficient (Wildman–Crippen LogP) is 4.72. The number of thioether (sulfide) groups is 1. The van der Waals surface area contributed by atoms with Crippen LogP contribution in [0.1, 0.15) is 5.69 Å². The molecule has 0 radical (unpaired) electrons. The van der Waals surface area contributed by atoms with Crippen molar-refractivity contribution in [3.05, 3.63) is 59.8 Å². The second kappa shape index (κ2) is 7.33. The van der Waals surface area contributed by atoms with Crippen molar-refractivity contribution in [1.29, 1.82) is 0 Å². The molecule has 0 aliphatic carbocycles. The van der Waals surface area contributed by atoms with Crippen LogP contribution in [0.2, 0.25) is 0 Å². The van der Waals surface area contributed by atoms with E-state index in [1.165, 1.54) is 0 Å². The SMILES string of the molecule is c1ccc(OCCSCc2coc(-c3cccs3)n2)cc1. The zero-order valence-corrected chi connectivity index (χ0v) is 13.0. The van der Waals surface area contributed by atoms with Crippen molar-refractivity contribution >= 4 is 23.1 Å². The third-order valence-corrected chi connectivity index (χ3v) is 4.59. The summed E-state index contributed by atoms with van der Waals surface area (Å²) in [6.07, 6.45) is 1.74. The van der Waals surface area contributed by atoms with Crippen LogP contribution in [0.25, 0.3) is 10.8 Å². The van der Waals surface area contributed by atoms with Crippen molar-refractivity contribution < 1.29 is 9.15 Å². The molecule has 21 heavy (non-hydrogen) atoms. The molecule has 0 atom stereocenters. The van der Waals surface area contributed by atoms with Gasteiger partial charge in [0.25, 0.3) is 0 Å². The largest absolute Gasteiger partial charge is 0.493 e. The lowest BCUT2D eigenvalue weighted by Crippen LogP contribution is -2.00. The van der Waals surface area contributed by atoms with Gasteiger partial charge in [-0.25, -0.2) is 4.98 Å². The van der Waals surface area contributed by atoms with Gasteiger partial charge in [0, 0.05) is 11.5 Å².